The monoisotopic (exact) mass is 424 g/mol. The lowest BCUT2D eigenvalue weighted by Gasteiger charge is -2.31. The van der Waals surface area contributed by atoms with Gasteiger partial charge in [0.25, 0.3) is 0 Å². The van der Waals surface area contributed by atoms with Crippen LogP contribution in [0.5, 0.6) is 5.75 Å². The van der Waals surface area contributed by atoms with Gasteiger partial charge in [0.1, 0.15) is 11.8 Å². The molecule has 2 aromatic rings. The fourth-order valence-corrected chi connectivity index (χ4v) is 4.29. The maximum atomic E-state index is 13.0. The van der Waals surface area contributed by atoms with Gasteiger partial charge in [0.2, 0.25) is 15.9 Å². The summed E-state index contributed by atoms with van der Waals surface area (Å²) < 4.78 is 31.6. The quantitative estimate of drug-likeness (QED) is 0.692. The van der Waals surface area contributed by atoms with Crippen LogP contribution in [0, 0.1) is 0 Å². The summed E-state index contributed by atoms with van der Waals surface area (Å²) in [7, 11) is -2.36. The van der Waals surface area contributed by atoms with E-state index < -0.39 is 22.0 Å². The maximum absolute atomic E-state index is 13.0. The number of amides is 1. The number of carbonyl (C=O) groups excluding carboxylic acids is 1. The van der Waals surface area contributed by atoms with Crippen LogP contribution in [-0.2, 0) is 21.2 Å². The topological polar surface area (TPSA) is 75.7 Å². The number of nitrogens with one attached hydrogen (secondary N) is 1. The van der Waals surface area contributed by atoms with Crippen LogP contribution >= 0.6 is 11.6 Å². The van der Waals surface area contributed by atoms with Crippen LogP contribution in [0.25, 0.3) is 0 Å². The number of methoxy groups -OCH3 is 1. The van der Waals surface area contributed by atoms with Gasteiger partial charge in [0.15, 0.2) is 0 Å². The van der Waals surface area contributed by atoms with Crippen molar-refractivity contribution in [2.24, 2.45) is 0 Å². The zero-order valence-corrected chi connectivity index (χ0v) is 18.0. The van der Waals surface area contributed by atoms with Gasteiger partial charge in [-0.05, 0) is 48.7 Å². The van der Waals surface area contributed by atoms with Crippen molar-refractivity contribution in [1.82, 2.24) is 0 Å². The SMILES string of the molecule is CCc1ccc(NC(=O)C(CC)N(c2cc(Cl)ccc2OC)S(C)(=O)=O)cc1. The second-order valence-electron chi connectivity index (χ2n) is 6.34. The number of anilines is 2. The Morgan fingerprint density at radius 2 is 1.82 bits per heavy atom. The van der Waals surface area contributed by atoms with E-state index in [4.69, 9.17) is 16.3 Å². The smallest absolute Gasteiger partial charge is 0.248 e. The molecule has 152 valence electrons. The van der Waals surface area contributed by atoms with Crippen molar-refractivity contribution in [2.75, 3.05) is 23.0 Å². The van der Waals surface area contributed by atoms with Crippen molar-refractivity contribution in [3.63, 3.8) is 0 Å². The minimum Gasteiger partial charge on any atom is -0.495 e. The number of hydrogen-bond donors (Lipinski definition) is 1. The molecule has 1 amide bonds. The molecule has 6 nitrogen and oxygen atoms in total. The Labute approximate surface area is 171 Å². The normalized spacial score (nSPS) is 12.3. The van der Waals surface area contributed by atoms with E-state index in [1.165, 1.54) is 13.2 Å². The largest absolute Gasteiger partial charge is 0.495 e. The minimum absolute atomic E-state index is 0.223. The van der Waals surface area contributed by atoms with Gasteiger partial charge < -0.3 is 10.1 Å². The van der Waals surface area contributed by atoms with Crippen molar-refractivity contribution in [3.05, 3.63) is 53.1 Å². The van der Waals surface area contributed by atoms with Gasteiger partial charge in [0.05, 0.1) is 19.1 Å². The highest BCUT2D eigenvalue weighted by Gasteiger charge is 2.33. The first-order chi connectivity index (χ1) is 13.2. The van der Waals surface area contributed by atoms with E-state index in [2.05, 4.69) is 5.32 Å². The molecule has 1 N–H and O–H groups in total. The predicted octanol–water partition coefficient (Wildman–Crippen LogP) is 4.09. The number of nitrogens with zero attached hydrogens (tertiary/aromatic N) is 1. The lowest BCUT2D eigenvalue weighted by molar-refractivity contribution is -0.117. The Morgan fingerprint density at radius 3 is 2.32 bits per heavy atom. The molecule has 0 aliphatic heterocycles. The average Bonchev–Trinajstić information content (AvgIpc) is 2.65. The zero-order valence-electron chi connectivity index (χ0n) is 16.4. The van der Waals surface area contributed by atoms with Crippen molar-refractivity contribution >= 4 is 38.9 Å². The van der Waals surface area contributed by atoms with E-state index in [0.717, 1.165) is 22.5 Å². The van der Waals surface area contributed by atoms with Gasteiger partial charge in [-0.1, -0.05) is 37.6 Å². The van der Waals surface area contributed by atoms with Crippen LogP contribution in [0.1, 0.15) is 25.8 Å². The Kier molecular flexibility index (Phi) is 7.32. The molecule has 1 unspecified atom stereocenters. The summed E-state index contributed by atoms with van der Waals surface area (Å²) in [6.07, 6.45) is 2.21. The fourth-order valence-electron chi connectivity index (χ4n) is 2.92. The van der Waals surface area contributed by atoms with Gasteiger partial charge in [-0.25, -0.2) is 8.42 Å². The first kappa shape index (κ1) is 22.0. The summed E-state index contributed by atoms with van der Waals surface area (Å²) >= 11 is 6.08. The third kappa shape index (κ3) is 5.17. The summed E-state index contributed by atoms with van der Waals surface area (Å²) in [5.41, 5.74) is 1.97. The van der Waals surface area contributed by atoms with E-state index in [1.54, 1.807) is 31.2 Å². The number of ether oxygens (including phenoxy) is 1. The highest BCUT2D eigenvalue weighted by molar-refractivity contribution is 7.92. The van der Waals surface area contributed by atoms with Gasteiger partial charge >= 0.3 is 0 Å². The number of rotatable bonds is 8. The molecular formula is C20H25ClN2O4S. The fraction of sp³-hybridized carbons (Fsp3) is 0.350. The second kappa shape index (κ2) is 9.30. The number of aryl methyl sites for hydroxylation is 1. The lowest BCUT2D eigenvalue weighted by Crippen LogP contribution is -2.47. The molecule has 2 aromatic carbocycles. The molecule has 0 aliphatic carbocycles. The molecule has 28 heavy (non-hydrogen) atoms. The molecule has 8 heteroatoms. The van der Waals surface area contributed by atoms with E-state index in [1.807, 2.05) is 19.1 Å². The van der Waals surface area contributed by atoms with Crippen molar-refractivity contribution in [3.8, 4) is 5.75 Å². The molecule has 0 radical (unpaired) electrons. The van der Waals surface area contributed by atoms with Gasteiger partial charge in [0, 0.05) is 10.7 Å². The molecule has 0 heterocycles. The Bertz CT molecular complexity index is 930. The first-order valence-corrected chi connectivity index (χ1v) is 11.2. The molecule has 0 fully saturated rings. The number of halogens is 1. The maximum Gasteiger partial charge on any atom is 0.248 e. The third-order valence-electron chi connectivity index (χ3n) is 4.34. The molecule has 0 saturated heterocycles. The van der Waals surface area contributed by atoms with Gasteiger partial charge in [-0.2, -0.15) is 0 Å². The molecule has 2 rings (SSSR count). The van der Waals surface area contributed by atoms with Crippen LogP contribution < -0.4 is 14.4 Å². The highest BCUT2D eigenvalue weighted by atomic mass is 35.5. The number of hydrogen-bond acceptors (Lipinski definition) is 4. The Morgan fingerprint density at radius 1 is 1.18 bits per heavy atom. The number of sulfonamides is 1. The predicted molar refractivity (Wildman–Crippen MR) is 114 cm³/mol. The summed E-state index contributed by atoms with van der Waals surface area (Å²) in [4.78, 5) is 13.0. The van der Waals surface area contributed by atoms with Gasteiger partial charge in [-0.15, -0.1) is 0 Å². The zero-order chi connectivity index (χ0) is 20.9. The Hall–Kier alpha value is -2.25. The van der Waals surface area contributed by atoms with Crippen molar-refractivity contribution in [1.29, 1.82) is 0 Å². The summed E-state index contributed by atoms with van der Waals surface area (Å²) in [6.45, 7) is 3.79. The average molecular weight is 425 g/mol. The summed E-state index contributed by atoms with van der Waals surface area (Å²) in [5, 5.41) is 3.14. The van der Waals surface area contributed by atoms with E-state index in [-0.39, 0.29) is 12.1 Å². The standard InChI is InChI=1S/C20H25ClN2O4S/c1-5-14-7-10-16(11-8-14)22-20(24)17(6-2)23(28(4,25)26)18-13-15(21)9-12-19(18)27-3/h7-13,17H,5-6H2,1-4H3,(H,22,24). The molecule has 1 atom stereocenters. The molecule has 0 aromatic heterocycles. The second-order valence-corrected chi connectivity index (χ2v) is 8.63. The van der Waals surface area contributed by atoms with Crippen LogP contribution in [0.15, 0.2) is 42.5 Å². The Balaban J connectivity index is 2.43. The molecular weight excluding hydrogens is 400 g/mol. The van der Waals surface area contributed by atoms with E-state index in [0.29, 0.717) is 16.5 Å². The van der Waals surface area contributed by atoms with E-state index in [9.17, 15) is 13.2 Å². The van der Waals surface area contributed by atoms with Gasteiger partial charge in [-0.3, -0.25) is 9.10 Å². The molecule has 0 aliphatic rings. The van der Waals surface area contributed by atoms with Crippen LogP contribution in [0.2, 0.25) is 5.02 Å². The van der Waals surface area contributed by atoms with E-state index >= 15 is 0 Å². The van der Waals surface area contributed by atoms with Crippen LogP contribution in [0.4, 0.5) is 11.4 Å². The van der Waals surface area contributed by atoms with Crippen molar-refractivity contribution < 1.29 is 17.9 Å². The first-order valence-electron chi connectivity index (χ1n) is 8.94. The number of benzene rings is 2. The molecule has 0 saturated carbocycles. The third-order valence-corrected chi connectivity index (χ3v) is 5.74. The molecule has 0 spiro atoms. The minimum atomic E-state index is -3.79. The van der Waals surface area contributed by atoms with Crippen LogP contribution in [0.3, 0.4) is 0 Å². The molecule has 0 bridgehead atoms. The number of carbonyl (C=O) groups is 1. The summed E-state index contributed by atoms with van der Waals surface area (Å²) in [6, 6.07) is 11.1. The highest BCUT2D eigenvalue weighted by Crippen LogP contribution is 2.35. The van der Waals surface area contributed by atoms with Crippen molar-refractivity contribution in [2.45, 2.75) is 32.7 Å². The van der Waals surface area contributed by atoms with Crippen LogP contribution in [-0.4, -0.2) is 33.7 Å². The lowest BCUT2D eigenvalue weighted by atomic mass is 10.1. The summed E-state index contributed by atoms with van der Waals surface area (Å²) in [5.74, 6) is -0.118.